The van der Waals surface area contributed by atoms with Crippen molar-refractivity contribution >= 4 is 22.9 Å². The van der Waals surface area contributed by atoms with Crippen molar-refractivity contribution in [3.63, 3.8) is 0 Å². The number of thiophene rings is 1. The number of hydrogen-bond acceptors (Lipinski definition) is 3. The minimum atomic E-state index is 0.300. The van der Waals surface area contributed by atoms with E-state index in [2.05, 4.69) is 23.3 Å². The summed E-state index contributed by atoms with van der Waals surface area (Å²) >= 11 is 7.52. The fraction of sp³-hybridized carbons (Fsp3) is 0.364. The second-order valence-corrected chi connectivity index (χ2v) is 5.45. The van der Waals surface area contributed by atoms with Gasteiger partial charge in [-0.1, -0.05) is 11.6 Å². The maximum absolute atomic E-state index is 5.90. The first-order chi connectivity index (χ1) is 7.66. The quantitative estimate of drug-likeness (QED) is 0.910. The van der Waals surface area contributed by atoms with Gasteiger partial charge in [0.25, 0.3) is 0 Å². The number of nitrogens with one attached hydrogen (secondary N) is 1. The topological polar surface area (TPSA) is 29.9 Å². The molecule has 0 spiro atoms. The average molecular weight is 256 g/mol. The van der Waals surface area contributed by atoms with Crippen LogP contribution in [0.25, 0.3) is 0 Å². The Bertz CT molecular complexity index is 463. The summed E-state index contributed by atoms with van der Waals surface area (Å²) in [5, 5.41) is 3.42. The van der Waals surface area contributed by atoms with Gasteiger partial charge in [-0.15, -0.1) is 11.3 Å². The molecule has 1 atom stereocenters. The number of aromatic nitrogens is 2. The van der Waals surface area contributed by atoms with Crippen LogP contribution < -0.4 is 5.32 Å². The highest BCUT2D eigenvalue weighted by molar-refractivity contribution is 7.16. The highest BCUT2D eigenvalue weighted by Gasteiger charge is 2.08. The molecule has 1 unspecified atom stereocenters. The van der Waals surface area contributed by atoms with Crippen molar-refractivity contribution in [2.24, 2.45) is 7.05 Å². The lowest BCUT2D eigenvalue weighted by Crippen LogP contribution is -2.19. The van der Waals surface area contributed by atoms with Crippen molar-refractivity contribution in [3.8, 4) is 0 Å². The Labute approximate surface area is 104 Å². The number of rotatable bonds is 4. The Balaban J connectivity index is 1.93. The molecule has 16 heavy (non-hydrogen) atoms. The molecule has 3 nitrogen and oxygen atoms in total. The van der Waals surface area contributed by atoms with Gasteiger partial charge in [-0.05, 0) is 19.1 Å². The van der Waals surface area contributed by atoms with Crippen LogP contribution in [-0.4, -0.2) is 9.55 Å². The van der Waals surface area contributed by atoms with E-state index in [1.807, 2.05) is 30.1 Å². The molecule has 0 aromatic carbocycles. The standard InChI is InChI=1S/C11H14ClN3S/c1-8(9-3-4-10(12)16-9)14-7-11-13-5-6-15(11)2/h3-6,8,14H,7H2,1-2H3. The molecule has 0 fully saturated rings. The summed E-state index contributed by atoms with van der Waals surface area (Å²) in [7, 11) is 2.00. The van der Waals surface area contributed by atoms with Crippen molar-refractivity contribution < 1.29 is 0 Å². The van der Waals surface area contributed by atoms with Crippen molar-refractivity contribution in [1.29, 1.82) is 0 Å². The molecule has 86 valence electrons. The van der Waals surface area contributed by atoms with Gasteiger partial charge < -0.3 is 9.88 Å². The number of aryl methyl sites for hydroxylation is 1. The molecule has 0 aliphatic rings. The van der Waals surface area contributed by atoms with E-state index in [0.29, 0.717) is 6.04 Å². The smallest absolute Gasteiger partial charge is 0.122 e. The van der Waals surface area contributed by atoms with Crippen LogP contribution in [0.1, 0.15) is 23.7 Å². The molecule has 0 aliphatic heterocycles. The van der Waals surface area contributed by atoms with Crippen molar-refractivity contribution in [3.05, 3.63) is 39.6 Å². The van der Waals surface area contributed by atoms with Crippen LogP contribution in [-0.2, 0) is 13.6 Å². The second kappa shape index (κ2) is 4.99. The second-order valence-electron chi connectivity index (χ2n) is 3.70. The predicted molar refractivity (Wildman–Crippen MR) is 67.8 cm³/mol. The van der Waals surface area contributed by atoms with Crippen LogP contribution in [0, 0.1) is 0 Å². The fourth-order valence-electron chi connectivity index (χ4n) is 1.47. The summed E-state index contributed by atoms with van der Waals surface area (Å²) in [6.45, 7) is 2.89. The molecule has 0 saturated heterocycles. The average Bonchev–Trinajstić information content (AvgIpc) is 2.84. The Morgan fingerprint density at radius 2 is 2.38 bits per heavy atom. The Morgan fingerprint density at radius 3 is 2.94 bits per heavy atom. The Kier molecular flexibility index (Phi) is 3.63. The maximum atomic E-state index is 5.90. The molecule has 2 heterocycles. The first kappa shape index (κ1) is 11.6. The van der Waals surface area contributed by atoms with Gasteiger partial charge in [-0.25, -0.2) is 4.98 Å². The minimum Gasteiger partial charge on any atom is -0.337 e. The van der Waals surface area contributed by atoms with Gasteiger partial charge in [0.2, 0.25) is 0 Å². The normalized spacial score (nSPS) is 12.9. The lowest BCUT2D eigenvalue weighted by Gasteiger charge is -2.11. The van der Waals surface area contributed by atoms with Crippen LogP contribution in [0.2, 0.25) is 4.34 Å². The third-order valence-electron chi connectivity index (χ3n) is 2.51. The zero-order valence-corrected chi connectivity index (χ0v) is 10.8. The summed E-state index contributed by atoms with van der Waals surface area (Å²) in [6.07, 6.45) is 3.76. The molecule has 2 aromatic heterocycles. The molecule has 0 bridgehead atoms. The van der Waals surface area contributed by atoms with E-state index in [-0.39, 0.29) is 0 Å². The van der Waals surface area contributed by atoms with E-state index in [4.69, 9.17) is 11.6 Å². The molecule has 0 saturated carbocycles. The first-order valence-corrected chi connectivity index (χ1v) is 6.31. The molecule has 2 aromatic rings. The van der Waals surface area contributed by atoms with Crippen LogP contribution in [0.5, 0.6) is 0 Å². The SMILES string of the molecule is CC(NCc1nccn1C)c1ccc(Cl)s1. The number of nitrogens with zero attached hydrogens (tertiary/aromatic N) is 2. The van der Waals surface area contributed by atoms with Crippen LogP contribution in [0.4, 0.5) is 0 Å². The minimum absolute atomic E-state index is 0.300. The number of hydrogen-bond donors (Lipinski definition) is 1. The first-order valence-electron chi connectivity index (χ1n) is 5.11. The lowest BCUT2D eigenvalue weighted by molar-refractivity contribution is 0.556. The van der Waals surface area contributed by atoms with Gasteiger partial charge in [-0.2, -0.15) is 0 Å². The molecular weight excluding hydrogens is 242 g/mol. The van der Waals surface area contributed by atoms with Gasteiger partial charge in [0.1, 0.15) is 5.82 Å². The highest BCUT2D eigenvalue weighted by atomic mass is 35.5. The van der Waals surface area contributed by atoms with Gasteiger partial charge in [0.15, 0.2) is 0 Å². The molecule has 5 heteroatoms. The Morgan fingerprint density at radius 1 is 1.56 bits per heavy atom. The van der Waals surface area contributed by atoms with Crippen molar-refractivity contribution in [2.45, 2.75) is 19.5 Å². The fourth-order valence-corrected chi connectivity index (χ4v) is 2.56. The number of imidazole rings is 1. The van der Waals surface area contributed by atoms with E-state index < -0.39 is 0 Å². The van der Waals surface area contributed by atoms with E-state index in [1.54, 1.807) is 11.3 Å². The van der Waals surface area contributed by atoms with E-state index >= 15 is 0 Å². The molecule has 2 rings (SSSR count). The van der Waals surface area contributed by atoms with Gasteiger partial charge in [-0.3, -0.25) is 0 Å². The summed E-state index contributed by atoms with van der Waals surface area (Å²) in [5.74, 6) is 1.04. The van der Waals surface area contributed by atoms with Gasteiger partial charge in [0.05, 0.1) is 10.9 Å². The molecular formula is C11H14ClN3S. The third kappa shape index (κ3) is 2.64. The predicted octanol–water partition coefficient (Wildman–Crippen LogP) is 2.99. The van der Waals surface area contributed by atoms with Crippen molar-refractivity contribution in [1.82, 2.24) is 14.9 Å². The number of halogens is 1. The van der Waals surface area contributed by atoms with E-state index in [0.717, 1.165) is 16.7 Å². The van der Waals surface area contributed by atoms with Crippen molar-refractivity contribution in [2.75, 3.05) is 0 Å². The van der Waals surface area contributed by atoms with Crippen LogP contribution in [0.3, 0.4) is 0 Å². The van der Waals surface area contributed by atoms with Gasteiger partial charge >= 0.3 is 0 Å². The summed E-state index contributed by atoms with van der Waals surface area (Å²) < 4.78 is 2.85. The molecule has 0 radical (unpaired) electrons. The summed E-state index contributed by atoms with van der Waals surface area (Å²) in [6, 6.07) is 4.29. The summed E-state index contributed by atoms with van der Waals surface area (Å²) in [5.41, 5.74) is 0. The molecule has 1 N–H and O–H groups in total. The molecule has 0 amide bonds. The van der Waals surface area contributed by atoms with Crippen LogP contribution in [0.15, 0.2) is 24.5 Å². The largest absolute Gasteiger partial charge is 0.337 e. The van der Waals surface area contributed by atoms with E-state index in [1.165, 1.54) is 4.88 Å². The highest BCUT2D eigenvalue weighted by Crippen LogP contribution is 2.26. The van der Waals surface area contributed by atoms with Gasteiger partial charge in [0, 0.05) is 30.4 Å². The lowest BCUT2D eigenvalue weighted by atomic mass is 10.3. The zero-order chi connectivity index (χ0) is 11.5. The van der Waals surface area contributed by atoms with Crippen LogP contribution >= 0.6 is 22.9 Å². The molecule has 0 aliphatic carbocycles. The Hall–Kier alpha value is -0.840. The zero-order valence-electron chi connectivity index (χ0n) is 9.27. The maximum Gasteiger partial charge on any atom is 0.122 e. The third-order valence-corrected chi connectivity index (χ3v) is 3.92. The van der Waals surface area contributed by atoms with E-state index in [9.17, 15) is 0 Å². The summed E-state index contributed by atoms with van der Waals surface area (Å²) in [4.78, 5) is 5.51. The monoisotopic (exact) mass is 255 g/mol.